The molecule has 0 N–H and O–H groups in total. The van der Waals surface area contributed by atoms with Crippen LogP contribution in [0, 0.1) is 36.0 Å². The second-order valence-corrected chi connectivity index (χ2v) is 4.56. The van der Waals surface area contributed by atoms with Crippen LogP contribution in [0.15, 0.2) is 12.1 Å². The number of methoxy groups -OCH3 is 1. The van der Waals surface area contributed by atoms with Crippen LogP contribution in [0.25, 0.3) is 11.1 Å². The number of hydrogen-bond acceptors (Lipinski definition) is 1. The number of ether oxygens (including phenoxy) is 1. The Hall–Kier alpha value is -2.05. The molecule has 0 unspecified atom stereocenters. The van der Waals surface area contributed by atoms with Gasteiger partial charge in [-0.1, -0.05) is 0 Å². The molecule has 2 rings (SSSR count). The summed E-state index contributed by atoms with van der Waals surface area (Å²) in [5.74, 6) is -6.58. The Kier molecular flexibility index (Phi) is 3.94. The van der Waals surface area contributed by atoms with Gasteiger partial charge >= 0.3 is 0 Å². The Morgan fingerprint density at radius 3 is 2.10 bits per heavy atom. The monoisotopic (exact) mass is 300 g/mol. The van der Waals surface area contributed by atoms with Crippen LogP contribution < -0.4 is 10.2 Å². The molecule has 0 amide bonds. The molecule has 7 heteroatoms. The highest BCUT2D eigenvalue weighted by molar-refractivity contribution is 6.33. The first-order chi connectivity index (χ1) is 9.79. The summed E-state index contributed by atoms with van der Waals surface area (Å²) in [6.07, 6.45) is 0. The maximum atomic E-state index is 14.0. The van der Waals surface area contributed by atoms with Crippen LogP contribution in [-0.4, -0.2) is 15.0 Å². The SMILES string of the molecule is Bc1c(F)cc(-c2c(F)cc(C)c(F)c2F)c(OC)c1F. The van der Waals surface area contributed by atoms with E-state index in [1.807, 2.05) is 0 Å². The molecule has 0 aliphatic carbocycles. The van der Waals surface area contributed by atoms with E-state index >= 15 is 0 Å². The highest BCUT2D eigenvalue weighted by atomic mass is 19.2. The minimum atomic E-state index is -1.52. The van der Waals surface area contributed by atoms with Crippen molar-refractivity contribution in [3.05, 3.63) is 46.8 Å². The molecule has 0 atom stereocenters. The van der Waals surface area contributed by atoms with E-state index < -0.39 is 46.0 Å². The molecule has 0 aromatic heterocycles. The Morgan fingerprint density at radius 2 is 1.52 bits per heavy atom. The normalized spacial score (nSPS) is 10.8. The van der Waals surface area contributed by atoms with Crippen LogP contribution in [0.5, 0.6) is 5.75 Å². The van der Waals surface area contributed by atoms with Crippen LogP contribution in [0.2, 0.25) is 0 Å². The molecule has 2 aromatic carbocycles. The number of benzene rings is 2. The summed E-state index contributed by atoms with van der Waals surface area (Å²) in [4.78, 5) is 0. The molecule has 0 bridgehead atoms. The molecule has 0 radical (unpaired) electrons. The van der Waals surface area contributed by atoms with Gasteiger partial charge in [0.25, 0.3) is 0 Å². The molecule has 1 nitrogen and oxygen atoms in total. The standard InChI is InChI=1S/C14H10BF5O/c1-5-3-7(16)9(12(19)11(5)18)6-4-8(17)10(15)13(20)14(6)21-2/h3-4H,15H2,1-2H3. The summed E-state index contributed by atoms with van der Waals surface area (Å²) in [6, 6.07) is 1.47. The fraction of sp³-hybridized carbons (Fsp3) is 0.143. The van der Waals surface area contributed by atoms with Crippen LogP contribution in [0.1, 0.15) is 5.56 Å². The van der Waals surface area contributed by atoms with Crippen molar-refractivity contribution in [2.24, 2.45) is 0 Å². The predicted molar refractivity (Wildman–Crippen MR) is 71.1 cm³/mol. The Balaban J connectivity index is 2.89. The highest BCUT2D eigenvalue weighted by Gasteiger charge is 2.25. The van der Waals surface area contributed by atoms with Gasteiger partial charge in [-0.2, -0.15) is 0 Å². The molecule has 2 aromatic rings. The fourth-order valence-electron chi connectivity index (χ4n) is 2.04. The van der Waals surface area contributed by atoms with Crippen LogP contribution in [0.3, 0.4) is 0 Å². The van der Waals surface area contributed by atoms with Gasteiger partial charge in [0.1, 0.15) is 19.5 Å². The Labute approximate surface area is 118 Å². The van der Waals surface area contributed by atoms with Gasteiger partial charge < -0.3 is 4.74 Å². The molecule has 0 heterocycles. The van der Waals surface area contributed by atoms with Crippen LogP contribution in [0.4, 0.5) is 22.0 Å². The molecule has 0 aliphatic heterocycles. The average Bonchev–Trinajstić information content (AvgIpc) is 2.43. The lowest BCUT2D eigenvalue weighted by atomic mass is 9.90. The quantitative estimate of drug-likeness (QED) is 0.471. The van der Waals surface area contributed by atoms with E-state index in [-0.39, 0.29) is 11.0 Å². The van der Waals surface area contributed by atoms with Crippen molar-refractivity contribution in [2.75, 3.05) is 7.11 Å². The van der Waals surface area contributed by atoms with E-state index in [0.29, 0.717) is 6.07 Å². The van der Waals surface area contributed by atoms with Crippen molar-refractivity contribution in [3.63, 3.8) is 0 Å². The minimum absolute atomic E-state index is 0.249. The fourth-order valence-corrected chi connectivity index (χ4v) is 2.04. The molecule has 0 saturated carbocycles. The van der Waals surface area contributed by atoms with Crippen LogP contribution >= 0.6 is 0 Å². The van der Waals surface area contributed by atoms with E-state index in [4.69, 9.17) is 4.74 Å². The van der Waals surface area contributed by atoms with Crippen molar-refractivity contribution in [3.8, 4) is 16.9 Å². The summed E-state index contributed by atoms with van der Waals surface area (Å²) in [5, 5.41) is 0. The molecular weight excluding hydrogens is 290 g/mol. The summed E-state index contributed by atoms with van der Waals surface area (Å²) in [7, 11) is 2.22. The second kappa shape index (κ2) is 5.39. The van der Waals surface area contributed by atoms with E-state index in [2.05, 4.69) is 0 Å². The van der Waals surface area contributed by atoms with Gasteiger partial charge in [0.2, 0.25) is 0 Å². The van der Waals surface area contributed by atoms with Crippen LogP contribution in [-0.2, 0) is 0 Å². The smallest absolute Gasteiger partial charge is 0.169 e. The third kappa shape index (κ3) is 2.37. The van der Waals surface area contributed by atoms with Crippen molar-refractivity contribution < 1.29 is 26.7 Å². The number of halogens is 5. The largest absolute Gasteiger partial charge is 0.493 e. The zero-order valence-electron chi connectivity index (χ0n) is 11.5. The summed E-state index contributed by atoms with van der Waals surface area (Å²) in [6.45, 7) is 1.18. The molecule has 0 spiro atoms. The number of rotatable bonds is 2. The second-order valence-electron chi connectivity index (χ2n) is 4.56. The maximum Gasteiger partial charge on any atom is 0.169 e. The van der Waals surface area contributed by atoms with Crippen molar-refractivity contribution in [1.29, 1.82) is 0 Å². The van der Waals surface area contributed by atoms with Gasteiger partial charge in [-0.25, -0.2) is 22.0 Å². The molecular formula is C14H10BF5O. The first-order valence-electron chi connectivity index (χ1n) is 5.96. The maximum absolute atomic E-state index is 14.0. The van der Waals surface area contributed by atoms with E-state index in [0.717, 1.165) is 21.0 Å². The van der Waals surface area contributed by atoms with E-state index in [1.54, 1.807) is 0 Å². The Morgan fingerprint density at radius 1 is 0.905 bits per heavy atom. The Bertz CT molecular complexity index is 730. The predicted octanol–water partition coefficient (Wildman–Crippen LogP) is 2.62. The molecule has 0 aliphatic rings. The topological polar surface area (TPSA) is 9.23 Å². The van der Waals surface area contributed by atoms with Gasteiger partial charge in [-0.3, -0.25) is 0 Å². The summed E-state index contributed by atoms with van der Waals surface area (Å²) in [5.41, 5.74) is -2.00. The lowest BCUT2D eigenvalue weighted by Gasteiger charge is -2.14. The van der Waals surface area contributed by atoms with E-state index in [1.165, 1.54) is 6.92 Å². The average molecular weight is 300 g/mol. The molecule has 21 heavy (non-hydrogen) atoms. The number of hydrogen-bond donors (Lipinski definition) is 0. The highest BCUT2D eigenvalue weighted by Crippen LogP contribution is 2.37. The third-order valence-electron chi connectivity index (χ3n) is 3.22. The van der Waals surface area contributed by atoms with Gasteiger partial charge in [-0.15, -0.1) is 0 Å². The lowest BCUT2D eigenvalue weighted by molar-refractivity contribution is 0.387. The third-order valence-corrected chi connectivity index (χ3v) is 3.22. The molecule has 0 saturated heterocycles. The first kappa shape index (κ1) is 15.3. The van der Waals surface area contributed by atoms with Gasteiger partial charge in [0.15, 0.2) is 23.2 Å². The zero-order valence-corrected chi connectivity index (χ0v) is 11.5. The van der Waals surface area contributed by atoms with Gasteiger partial charge in [-0.05, 0) is 30.1 Å². The van der Waals surface area contributed by atoms with Gasteiger partial charge in [0, 0.05) is 5.56 Å². The minimum Gasteiger partial charge on any atom is -0.493 e. The van der Waals surface area contributed by atoms with Gasteiger partial charge in [0.05, 0.1) is 12.7 Å². The van der Waals surface area contributed by atoms with E-state index in [9.17, 15) is 22.0 Å². The lowest BCUT2D eigenvalue weighted by Crippen LogP contribution is -2.16. The summed E-state index contributed by atoms with van der Waals surface area (Å²) >= 11 is 0. The zero-order chi connectivity index (χ0) is 15.9. The molecule has 110 valence electrons. The van der Waals surface area contributed by atoms with Crippen molar-refractivity contribution in [1.82, 2.24) is 0 Å². The molecule has 0 fully saturated rings. The summed E-state index contributed by atoms with van der Waals surface area (Å²) < 4.78 is 73.9. The van der Waals surface area contributed by atoms with Crippen molar-refractivity contribution in [2.45, 2.75) is 6.92 Å². The van der Waals surface area contributed by atoms with Crippen molar-refractivity contribution >= 4 is 13.3 Å². The first-order valence-corrected chi connectivity index (χ1v) is 5.96. The number of aryl methyl sites for hydroxylation is 1.